The number of carbonyl (C=O) groups excluding carboxylic acids is 3. The van der Waals surface area contributed by atoms with Crippen molar-refractivity contribution >= 4 is 44.2 Å². The maximum Gasteiger partial charge on any atom is 0.270 e. The van der Waals surface area contributed by atoms with E-state index < -0.39 is 33.5 Å². The number of benzene rings is 4. The Kier molecular flexibility index (Phi) is 7.27. The molecule has 5 rings (SSSR count). The fourth-order valence-electron chi connectivity index (χ4n) is 4.71. The summed E-state index contributed by atoms with van der Waals surface area (Å²) in [5.74, 6) is -1.70. The van der Waals surface area contributed by atoms with Crippen LogP contribution in [0.1, 0.15) is 50.5 Å². The average molecular weight is 559 g/mol. The van der Waals surface area contributed by atoms with E-state index in [1.807, 2.05) is 24.3 Å². The minimum absolute atomic E-state index is 0.129. The van der Waals surface area contributed by atoms with Gasteiger partial charge >= 0.3 is 0 Å². The molecular weight excluding hydrogens is 532 g/mol. The molecule has 0 unspecified atom stereocenters. The minimum atomic E-state index is -4.01. The molecule has 4 aromatic carbocycles. The summed E-state index contributed by atoms with van der Waals surface area (Å²) in [6, 6.07) is 21.3. The summed E-state index contributed by atoms with van der Waals surface area (Å²) in [4.78, 5) is 40.7. The lowest BCUT2D eigenvalue weighted by Crippen LogP contribution is -2.31. The first-order chi connectivity index (χ1) is 19.3. The van der Waals surface area contributed by atoms with E-state index >= 15 is 0 Å². The summed E-state index contributed by atoms with van der Waals surface area (Å²) in [6.45, 7) is 4.17. The highest BCUT2D eigenvalue weighted by molar-refractivity contribution is 7.89. The van der Waals surface area contributed by atoms with Crippen molar-refractivity contribution in [1.29, 1.82) is 0 Å². The summed E-state index contributed by atoms with van der Waals surface area (Å²) in [5.41, 5.74) is 1.10. The molecule has 9 nitrogen and oxygen atoms in total. The minimum Gasteiger partial charge on any atom is -0.492 e. The molecule has 1 aliphatic heterocycles. The third-order valence-corrected chi connectivity index (χ3v) is 7.58. The number of sulfonamides is 1. The summed E-state index contributed by atoms with van der Waals surface area (Å²) in [7, 11) is -4.01. The van der Waals surface area contributed by atoms with Gasteiger partial charge in [-0.3, -0.25) is 14.4 Å². The fraction of sp³-hybridized carbons (Fsp3) is 0.167. The van der Waals surface area contributed by atoms with Crippen molar-refractivity contribution in [1.82, 2.24) is 4.72 Å². The van der Waals surface area contributed by atoms with Crippen LogP contribution in [0.25, 0.3) is 10.8 Å². The van der Waals surface area contributed by atoms with Crippen molar-refractivity contribution in [3.63, 3.8) is 0 Å². The monoisotopic (exact) mass is 558 g/mol. The fourth-order valence-corrected chi connectivity index (χ4v) is 5.81. The molecule has 0 radical (unpaired) electrons. The predicted molar refractivity (Wildman–Crippen MR) is 150 cm³/mol. The summed E-state index contributed by atoms with van der Waals surface area (Å²) < 4.78 is 39.0. The second kappa shape index (κ2) is 10.8. The predicted octanol–water partition coefficient (Wildman–Crippen LogP) is 4.70. The Morgan fingerprint density at radius 1 is 0.750 bits per heavy atom. The molecule has 0 aromatic heterocycles. The number of nitrogens with zero attached hydrogens (tertiary/aromatic N) is 1. The average Bonchev–Trinajstić information content (AvgIpc) is 3.20. The van der Waals surface area contributed by atoms with Crippen molar-refractivity contribution in [2.75, 3.05) is 18.1 Å². The number of hydrogen-bond acceptors (Lipinski definition) is 7. The quantitative estimate of drug-likeness (QED) is 0.296. The van der Waals surface area contributed by atoms with Crippen LogP contribution in [0.3, 0.4) is 0 Å². The Morgan fingerprint density at radius 2 is 1.25 bits per heavy atom. The molecule has 10 heteroatoms. The molecular formula is C30H26N2O7S. The molecule has 0 atom stereocenters. The Morgan fingerprint density at radius 3 is 1.75 bits per heavy atom. The molecule has 0 saturated heterocycles. The summed E-state index contributed by atoms with van der Waals surface area (Å²) in [5, 5.41) is 1.32. The second-order valence-electron chi connectivity index (χ2n) is 8.99. The molecule has 0 fully saturated rings. The maximum atomic E-state index is 13.7. The third kappa shape index (κ3) is 4.89. The summed E-state index contributed by atoms with van der Waals surface area (Å²) >= 11 is 0. The highest BCUT2D eigenvalue weighted by atomic mass is 32.2. The van der Waals surface area contributed by atoms with Crippen LogP contribution in [0, 0.1) is 0 Å². The highest BCUT2D eigenvalue weighted by Crippen LogP contribution is 2.46. The number of anilines is 1. The van der Waals surface area contributed by atoms with Crippen molar-refractivity contribution < 1.29 is 32.3 Å². The van der Waals surface area contributed by atoms with Crippen molar-refractivity contribution in [2.24, 2.45) is 0 Å². The summed E-state index contributed by atoms with van der Waals surface area (Å²) in [6.07, 6.45) is 0. The zero-order chi connectivity index (χ0) is 28.4. The Hall–Kier alpha value is -4.70. The van der Waals surface area contributed by atoms with Crippen LogP contribution >= 0.6 is 0 Å². The van der Waals surface area contributed by atoms with Gasteiger partial charge in [-0.05, 0) is 43.7 Å². The second-order valence-corrected chi connectivity index (χ2v) is 10.7. The maximum absolute atomic E-state index is 13.7. The number of fused-ring (bicyclic) bond motifs is 2. The zero-order valence-electron chi connectivity index (χ0n) is 21.8. The smallest absolute Gasteiger partial charge is 0.270 e. The first-order valence-corrected chi connectivity index (χ1v) is 14.3. The molecule has 3 amide bonds. The van der Waals surface area contributed by atoms with Crippen molar-refractivity contribution in [3.05, 3.63) is 101 Å². The Bertz CT molecular complexity index is 1670. The SMILES string of the molecule is CCOc1c2c(c(OCC)c3ccccc13)C(=O)N(c1ccc(CS(=O)(=O)NC(=O)c3ccccc3)cc1)C2=O. The molecule has 1 heterocycles. The van der Waals surface area contributed by atoms with E-state index in [4.69, 9.17) is 9.47 Å². The molecule has 40 heavy (non-hydrogen) atoms. The molecule has 1 aliphatic rings. The highest BCUT2D eigenvalue weighted by Gasteiger charge is 2.43. The van der Waals surface area contributed by atoms with Crippen LogP contribution in [0.2, 0.25) is 0 Å². The van der Waals surface area contributed by atoms with E-state index in [9.17, 15) is 22.8 Å². The third-order valence-electron chi connectivity index (χ3n) is 6.37. The van der Waals surface area contributed by atoms with Crippen molar-refractivity contribution in [3.8, 4) is 11.5 Å². The van der Waals surface area contributed by atoms with Crippen LogP contribution in [-0.2, 0) is 15.8 Å². The van der Waals surface area contributed by atoms with E-state index in [0.717, 1.165) is 4.90 Å². The molecule has 0 bridgehead atoms. The van der Waals surface area contributed by atoms with Crippen LogP contribution in [-0.4, -0.2) is 39.4 Å². The van der Waals surface area contributed by atoms with E-state index in [1.54, 1.807) is 32.0 Å². The van der Waals surface area contributed by atoms with E-state index in [-0.39, 0.29) is 35.6 Å². The van der Waals surface area contributed by atoms with Gasteiger partial charge in [-0.25, -0.2) is 18.0 Å². The van der Waals surface area contributed by atoms with E-state index in [2.05, 4.69) is 4.72 Å². The lowest BCUT2D eigenvalue weighted by Gasteiger charge is -2.15. The molecule has 204 valence electrons. The Labute approximate surface area is 231 Å². The van der Waals surface area contributed by atoms with Gasteiger partial charge in [0.05, 0.1) is 35.8 Å². The number of carbonyl (C=O) groups is 3. The zero-order valence-corrected chi connectivity index (χ0v) is 22.7. The number of amides is 3. The topological polar surface area (TPSA) is 119 Å². The number of hydrogen-bond donors (Lipinski definition) is 1. The lowest BCUT2D eigenvalue weighted by atomic mass is 9.99. The van der Waals surface area contributed by atoms with Gasteiger partial charge in [0.1, 0.15) is 11.5 Å². The molecule has 4 aromatic rings. The van der Waals surface area contributed by atoms with Gasteiger partial charge < -0.3 is 9.47 Å². The largest absolute Gasteiger partial charge is 0.492 e. The van der Waals surface area contributed by atoms with E-state index in [0.29, 0.717) is 27.8 Å². The van der Waals surface area contributed by atoms with Gasteiger partial charge in [0.15, 0.2) is 0 Å². The van der Waals surface area contributed by atoms with Gasteiger partial charge in [0.2, 0.25) is 10.0 Å². The molecule has 0 aliphatic carbocycles. The van der Waals surface area contributed by atoms with Crippen LogP contribution < -0.4 is 19.1 Å². The molecule has 1 N–H and O–H groups in total. The number of nitrogens with one attached hydrogen (secondary N) is 1. The van der Waals surface area contributed by atoms with Gasteiger partial charge in [-0.1, -0.05) is 54.6 Å². The molecule has 0 saturated carbocycles. The van der Waals surface area contributed by atoms with E-state index in [1.165, 1.54) is 36.4 Å². The van der Waals surface area contributed by atoms with Gasteiger partial charge in [-0.2, -0.15) is 0 Å². The van der Waals surface area contributed by atoms with Crippen molar-refractivity contribution in [2.45, 2.75) is 19.6 Å². The standard InChI is InChI=1S/C30H26N2O7S/c1-3-38-26-22-12-8-9-13-23(22)27(39-4-2)25-24(26)29(34)32(30(25)35)21-16-14-19(15-17-21)18-40(36,37)31-28(33)20-10-6-5-7-11-20/h5-17H,3-4,18H2,1-2H3,(H,31,33). The van der Waals surface area contributed by atoms with Crippen LogP contribution in [0.4, 0.5) is 5.69 Å². The lowest BCUT2D eigenvalue weighted by molar-refractivity contribution is 0.0922. The molecule has 0 spiro atoms. The number of rotatable bonds is 9. The number of ether oxygens (including phenoxy) is 2. The normalized spacial score (nSPS) is 12.9. The van der Waals surface area contributed by atoms with Gasteiger partial charge in [0, 0.05) is 16.3 Å². The van der Waals surface area contributed by atoms with Gasteiger partial charge in [0.25, 0.3) is 17.7 Å². The van der Waals surface area contributed by atoms with Crippen LogP contribution in [0.5, 0.6) is 11.5 Å². The first kappa shape index (κ1) is 26.9. The van der Waals surface area contributed by atoms with Gasteiger partial charge in [-0.15, -0.1) is 0 Å². The number of imide groups is 1. The first-order valence-electron chi connectivity index (χ1n) is 12.7. The Balaban J connectivity index is 1.45. The van der Waals surface area contributed by atoms with Crippen LogP contribution in [0.15, 0.2) is 78.9 Å².